The highest BCUT2D eigenvalue weighted by Gasteiger charge is 2.38. The Labute approximate surface area is 318 Å². The second-order valence-electron chi connectivity index (χ2n) is 14.2. The topological polar surface area (TPSA) is 213 Å². The van der Waals surface area contributed by atoms with Crippen LogP contribution >= 0.6 is 0 Å². The number of aliphatic hydroxyl groups excluding tert-OH is 1. The highest BCUT2D eigenvalue weighted by Crippen LogP contribution is 2.41. The van der Waals surface area contributed by atoms with E-state index in [9.17, 15) is 38.3 Å². The Morgan fingerprint density at radius 1 is 0.927 bits per heavy atom. The van der Waals surface area contributed by atoms with Crippen molar-refractivity contribution in [1.82, 2.24) is 25.4 Å². The number of amides is 5. The summed E-state index contributed by atoms with van der Waals surface area (Å²) >= 11 is 0. The van der Waals surface area contributed by atoms with Crippen molar-refractivity contribution in [1.29, 1.82) is 0 Å². The van der Waals surface area contributed by atoms with Gasteiger partial charge in [-0.3, -0.25) is 28.8 Å². The molecule has 7 N–H and O–H groups in total. The van der Waals surface area contributed by atoms with Gasteiger partial charge in [0, 0.05) is 49.1 Å². The molecular weight excluding hydrogens is 718 g/mol. The third-order valence-electron chi connectivity index (χ3n) is 8.70. The van der Waals surface area contributed by atoms with E-state index in [1.165, 1.54) is 4.90 Å². The van der Waals surface area contributed by atoms with Crippen molar-refractivity contribution in [2.24, 2.45) is 11.1 Å². The standard InChI is InChI=1S/C39H50F2N6O8/c1-5-16-43-37(54)29(45-38(55)30(20-32(42)49)44-33(50)13-14-35(52)53)15-17-47(34(51)23-48)36(39(2,3)4)31-18-25(27-19-26(40)11-12-28(27)41)22-46(31)21-24-9-7-6-8-10-24/h6-12,18-19,22,29-30,36,48H,5,13-17,20-21,23H2,1-4H3,(H2,42,49)(H,43,54)(H,44,50)(H,45,55)(H,52,53)/t29-,30-,36-/m0/s1. The average molecular weight is 769 g/mol. The molecule has 298 valence electrons. The van der Waals surface area contributed by atoms with E-state index in [0.717, 1.165) is 23.8 Å². The van der Waals surface area contributed by atoms with Crippen LogP contribution in [-0.4, -0.2) is 87.0 Å². The van der Waals surface area contributed by atoms with Crippen LogP contribution in [0.2, 0.25) is 0 Å². The highest BCUT2D eigenvalue weighted by molar-refractivity contribution is 5.95. The number of hydrogen-bond donors (Lipinski definition) is 6. The van der Waals surface area contributed by atoms with Crippen molar-refractivity contribution >= 4 is 35.5 Å². The van der Waals surface area contributed by atoms with Gasteiger partial charge in [-0.1, -0.05) is 58.0 Å². The van der Waals surface area contributed by atoms with E-state index in [2.05, 4.69) is 16.0 Å². The molecule has 0 aliphatic carbocycles. The molecule has 0 aliphatic rings. The molecule has 3 rings (SSSR count). The molecule has 3 aromatic rings. The van der Waals surface area contributed by atoms with E-state index in [1.807, 2.05) is 62.6 Å². The number of carbonyl (C=O) groups excluding carboxylic acids is 5. The first kappa shape index (κ1) is 43.8. The van der Waals surface area contributed by atoms with Gasteiger partial charge in [0.1, 0.15) is 30.3 Å². The van der Waals surface area contributed by atoms with Crippen molar-refractivity contribution in [3.8, 4) is 11.1 Å². The number of nitrogens with one attached hydrogen (secondary N) is 3. The van der Waals surface area contributed by atoms with E-state index in [1.54, 1.807) is 12.3 Å². The number of aromatic nitrogens is 1. The molecule has 14 nitrogen and oxygen atoms in total. The molecule has 0 aliphatic heterocycles. The molecule has 1 aromatic heterocycles. The second kappa shape index (κ2) is 20.2. The molecule has 16 heteroatoms. The maximum atomic E-state index is 15.1. The third kappa shape index (κ3) is 13.0. The van der Waals surface area contributed by atoms with Gasteiger partial charge in [-0.2, -0.15) is 0 Å². The zero-order chi connectivity index (χ0) is 40.9. The van der Waals surface area contributed by atoms with Crippen LogP contribution in [0.15, 0.2) is 60.8 Å². The SMILES string of the molecule is CCCNC(=O)[C@H](CCN(C(=O)CO)[C@@H](c1cc(-c2cc(F)ccc2F)cn1Cc1ccccc1)C(C)(C)C)NC(=O)[C@H](CC(N)=O)NC(=O)CCC(=O)O. The fourth-order valence-electron chi connectivity index (χ4n) is 6.18. The lowest BCUT2D eigenvalue weighted by atomic mass is 9.82. The van der Waals surface area contributed by atoms with Gasteiger partial charge >= 0.3 is 5.97 Å². The number of benzene rings is 2. The zero-order valence-electron chi connectivity index (χ0n) is 31.4. The maximum absolute atomic E-state index is 15.1. The van der Waals surface area contributed by atoms with Crippen LogP contribution in [0.4, 0.5) is 8.78 Å². The Bertz CT molecular complexity index is 1830. The predicted octanol–water partition coefficient (Wildman–Crippen LogP) is 3.02. The Balaban J connectivity index is 2.07. The van der Waals surface area contributed by atoms with Gasteiger partial charge in [-0.15, -0.1) is 0 Å². The third-order valence-corrected chi connectivity index (χ3v) is 8.70. The lowest BCUT2D eigenvalue weighted by Crippen LogP contribution is -2.55. The van der Waals surface area contributed by atoms with Crippen LogP contribution in [0, 0.1) is 17.0 Å². The lowest BCUT2D eigenvalue weighted by Gasteiger charge is -2.41. The molecule has 3 atom stereocenters. The molecule has 0 saturated heterocycles. The van der Waals surface area contributed by atoms with E-state index in [0.29, 0.717) is 17.7 Å². The molecule has 55 heavy (non-hydrogen) atoms. The van der Waals surface area contributed by atoms with Crippen molar-refractivity contribution in [3.05, 3.63) is 83.7 Å². The first-order valence-corrected chi connectivity index (χ1v) is 17.9. The Morgan fingerprint density at radius 3 is 2.22 bits per heavy atom. The van der Waals surface area contributed by atoms with Crippen LogP contribution in [-0.2, 0) is 35.3 Å². The lowest BCUT2D eigenvalue weighted by molar-refractivity contribution is -0.140. The summed E-state index contributed by atoms with van der Waals surface area (Å²) in [7, 11) is 0. The number of nitrogens with two attached hydrogens (primary N) is 1. The van der Waals surface area contributed by atoms with Crippen molar-refractivity contribution in [3.63, 3.8) is 0 Å². The monoisotopic (exact) mass is 768 g/mol. The number of rotatable bonds is 20. The summed E-state index contributed by atoms with van der Waals surface area (Å²) in [6, 6.07) is 10.4. The van der Waals surface area contributed by atoms with Crippen molar-refractivity contribution in [2.45, 2.75) is 84.5 Å². The summed E-state index contributed by atoms with van der Waals surface area (Å²) in [5, 5.41) is 26.7. The van der Waals surface area contributed by atoms with Gasteiger partial charge in [0.05, 0.1) is 18.9 Å². The van der Waals surface area contributed by atoms with Crippen LogP contribution in [0.1, 0.15) is 77.1 Å². The largest absolute Gasteiger partial charge is 0.481 e. The minimum Gasteiger partial charge on any atom is -0.481 e. The predicted molar refractivity (Wildman–Crippen MR) is 199 cm³/mol. The van der Waals surface area contributed by atoms with Crippen molar-refractivity contribution < 1.29 is 47.8 Å². The average Bonchev–Trinajstić information content (AvgIpc) is 3.52. The van der Waals surface area contributed by atoms with E-state index < -0.39 is 96.5 Å². The number of halogens is 2. The van der Waals surface area contributed by atoms with Crippen LogP contribution in [0.3, 0.4) is 0 Å². The van der Waals surface area contributed by atoms with Crippen LogP contribution < -0.4 is 21.7 Å². The molecule has 0 spiro atoms. The Morgan fingerprint density at radius 2 is 1.62 bits per heavy atom. The Hall–Kier alpha value is -5.64. The molecular formula is C39H50F2N6O8. The Kier molecular flexibility index (Phi) is 16.0. The number of carboxylic acid groups (broad SMARTS) is 1. The molecule has 0 fully saturated rings. The van der Waals surface area contributed by atoms with Gasteiger partial charge in [0.25, 0.3) is 0 Å². The number of aliphatic hydroxyl groups is 1. The number of carboxylic acids is 1. The molecule has 0 bridgehead atoms. The quantitative estimate of drug-likeness (QED) is 0.100. The summed E-state index contributed by atoms with van der Waals surface area (Å²) in [4.78, 5) is 77.2. The van der Waals surface area contributed by atoms with Gasteiger partial charge in [-0.05, 0) is 48.1 Å². The molecule has 0 saturated carbocycles. The summed E-state index contributed by atoms with van der Waals surface area (Å²) in [6.07, 6.45) is 0.332. The molecule has 0 radical (unpaired) electrons. The number of nitrogens with zero attached hydrogens (tertiary/aromatic N) is 2. The minimum atomic E-state index is -1.54. The zero-order valence-corrected chi connectivity index (χ0v) is 31.4. The number of primary amides is 1. The second-order valence-corrected chi connectivity index (χ2v) is 14.2. The maximum Gasteiger partial charge on any atom is 0.303 e. The summed E-state index contributed by atoms with van der Waals surface area (Å²) < 4.78 is 31.3. The van der Waals surface area contributed by atoms with Crippen LogP contribution in [0.5, 0.6) is 0 Å². The summed E-state index contributed by atoms with van der Waals surface area (Å²) in [6.45, 7) is 6.76. The van der Waals surface area contributed by atoms with Crippen LogP contribution in [0.25, 0.3) is 11.1 Å². The highest BCUT2D eigenvalue weighted by atomic mass is 19.1. The van der Waals surface area contributed by atoms with E-state index in [-0.39, 0.29) is 31.6 Å². The first-order valence-electron chi connectivity index (χ1n) is 17.9. The molecule has 5 amide bonds. The normalized spacial score (nSPS) is 12.9. The minimum absolute atomic E-state index is 0.00306. The summed E-state index contributed by atoms with van der Waals surface area (Å²) in [5.74, 6) is -6.65. The van der Waals surface area contributed by atoms with Gasteiger partial charge < -0.3 is 41.4 Å². The smallest absolute Gasteiger partial charge is 0.303 e. The van der Waals surface area contributed by atoms with Gasteiger partial charge in [-0.25, -0.2) is 8.78 Å². The van der Waals surface area contributed by atoms with E-state index in [4.69, 9.17) is 10.8 Å². The fraction of sp³-hybridized carbons (Fsp3) is 0.436. The molecule has 1 heterocycles. The van der Waals surface area contributed by atoms with Gasteiger partial charge in [0.15, 0.2) is 0 Å². The number of hydrogen-bond acceptors (Lipinski definition) is 7. The van der Waals surface area contributed by atoms with Gasteiger partial charge in [0.2, 0.25) is 29.5 Å². The van der Waals surface area contributed by atoms with E-state index >= 15 is 4.39 Å². The summed E-state index contributed by atoms with van der Waals surface area (Å²) in [5.41, 5.74) is 6.27. The number of aliphatic carboxylic acids is 1. The molecule has 0 unspecified atom stereocenters. The fourth-order valence-corrected chi connectivity index (χ4v) is 6.18. The van der Waals surface area contributed by atoms with Crippen molar-refractivity contribution in [2.75, 3.05) is 19.7 Å². The molecule has 2 aromatic carbocycles. The number of carbonyl (C=O) groups is 6. The first-order chi connectivity index (χ1) is 25.9.